The Balaban J connectivity index is 2.32. The zero-order valence-electron chi connectivity index (χ0n) is 11.5. The second kappa shape index (κ2) is 6.96. The van der Waals surface area contributed by atoms with Crippen molar-refractivity contribution in [2.24, 2.45) is 0 Å². The van der Waals surface area contributed by atoms with Crippen LogP contribution in [0.25, 0.3) is 0 Å². The normalized spacial score (nSPS) is 12.4. The number of nitrogens with one attached hydrogen (secondary N) is 1. The monoisotopic (exact) mass is 313 g/mol. The third kappa shape index (κ3) is 3.99. The summed E-state index contributed by atoms with van der Waals surface area (Å²) in [5.74, 6) is -1.50. The Morgan fingerprint density at radius 2 is 1.81 bits per heavy atom. The summed E-state index contributed by atoms with van der Waals surface area (Å²) in [4.78, 5) is 0. The third-order valence-electron chi connectivity index (χ3n) is 3.22. The molecule has 0 bridgehead atoms. The molecule has 0 heterocycles. The Morgan fingerprint density at radius 3 is 2.48 bits per heavy atom. The Labute approximate surface area is 126 Å². The molecule has 0 fully saturated rings. The molecule has 21 heavy (non-hydrogen) atoms. The maximum Gasteiger partial charge on any atom is 0.128 e. The lowest BCUT2D eigenvalue weighted by Gasteiger charge is -2.19. The van der Waals surface area contributed by atoms with Gasteiger partial charge in [-0.05, 0) is 48.9 Å². The molecule has 1 unspecified atom stereocenters. The van der Waals surface area contributed by atoms with E-state index in [4.69, 9.17) is 11.6 Å². The highest BCUT2D eigenvalue weighted by atomic mass is 35.5. The quantitative estimate of drug-likeness (QED) is 0.847. The highest BCUT2D eigenvalue weighted by molar-refractivity contribution is 6.30. The van der Waals surface area contributed by atoms with Crippen LogP contribution in [0.2, 0.25) is 5.02 Å². The van der Waals surface area contributed by atoms with E-state index < -0.39 is 23.5 Å². The molecule has 5 heteroatoms. The lowest BCUT2D eigenvalue weighted by molar-refractivity contribution is 0.492. The van der Waals surface area contributed by atoms with Gasteiger partial charge in [-0.3, -0.25) is 0 Å². The molecule has 2 rings (SSSR count). The van der Waals surface area contributed by atoms with Gasteiger partial charge in [0.2, 0.25) is 0 Å². The highest BCUT2D eigenvalue weighted by Crippen LogP contribution is 2.24. The summed E-state index contributed by atoms with van der Waals surface area (Å²) in [7, 11) is 0. The van der Waals surface area contributed by atoms with Gasteiger partial charge in [-0.15, -0.1) is 0 Å². The SMILES string of the molecule is CCNC(Cc1ccc(Cl)cc1F)c1cc(F)ccc1F. The molecule has 0 amide bonds. The van der Waals surface area contributed by atoms with Crippen LogP contribution in [0.4, 0.5) is 13.2 Å². The number of hydrogen-bond donors (Lipinski definition) is 1. The minimum atomic E-state index is -0.522. The molecule has 1 atom stereocenters. The van der Waals surface area contributed by atoms with Gasteiger partial charge in [0.1, 0.15) is 17.5 Å². The molecule has 0 aliphatic carbocycles. The minimum absolute atomic E-state index is 0.186. The van der Waals surface area contributed by atoms with Crippen molar-refractivity contribution in [1.29, 1.82) is 0 Å². The van der Waals surface area contributed by atoms with Gasteiger partial charge in [-0.25, -0.2) is 13.2 Å². The van der Waals surface area contributed by atoms with Gasteiger partial charge in [-0.2, -0.15) is 0 Å². The summed E-state index contributed by atoms with van der Waals surface area (Å²) >= 11 is 5.71. The largest absolute Gasteiger partial charge is 0.310 e. The number of likely N-dealkylation sites (N-methyl/N-ethyl adjacent to an activating group) is 1. The molecule has 2 aromatic carbocycles. The molecular formula is C16H15ClF3N. The second-order valence-corrected chi connectivity index (χ2v) is 5.15. The first kappa shape index (κ1) is 15.9. The van der Waals surface area contributed by atoms with Gasteiger partial charge in [0, 0.05) is 16.6 Å². The number of hydrogen-bond acceptors (Lipinski definition) is 1. The van der Waals surface area contributed by atoms with E-state index >= 15 is 0 Å². The zero-order chi connectivity index (χ0) is 15.4. The van der Waals surface area contributed by atoms with Crippen LogP contribution in [0.5, 0.6) is 0 Å². The van der Waals surface area contributed by atoms with Crippen LogP contribution in [-0.4, -0.2) is 6.54 Å². The highest BCUT2D eigenvalue weighted by Gasteiger charge is 2.18. The van der Waals surface area contributed by atoms with Gasteiger partial charge in [-0.1, -0.05) is 24.6 Å². The zero-order valence-corrected chi connectivity index (χ0v) is 12.2. The average molecular weight is 314 g/mol. The van der Waals surface area contributed by atoms with Gasteiger partial charge in [0.05, 0.1) is 0 Å². The Kier molecular flexibility index (Phi) is 5.26. The van der Waals surface area contributed by atoms with Crippen LogP contribution in [0.15, 0.2) is 36.4 Å². The van der Waals surface area contributed by atoms with E-state index in [1.807, 2.05) is 6.92 Å². The average Bonchev–Trinajstić information content (AvgIpc) is 2.44. The fraction of sp³-hybridized carbons (Fsp3) is 0.250. The second-order valence-electron chi connectivity index (χ2n) is 4.72. The lowest BCUT2D eigenvalue weighted by Crippen LogP contribution is -2.24. The van der Waals surface area contributed by atoms with E-state index in [2.05, 4.69) is 5.32 Å². The predicted octanol–water partition coefficient (Wildman–Crippen LogP) is 4.65. The third-order valence-corrected chi connectivity index (χ3v) is 3.46. The molecule has 0 aliphatic rings. The van der Waals surface area contributed by atoms with Crippen molar-refractivity contribution < 1.29 is 13.2 Å². The molecular weight excluding hydrogens is 299 g/mol. The van der Waals surface area contributed by atoms with Crippen molar-refractivity contribution in [1.82, 2.24) is 5.32 Å². The first-order valence-corrected chi connectivity index (χ1v) is 7.01. The van der Waals surface area contributed by atoms with Crippen LogP contribution in [0.1, 0.15) is 24.1 Å². The van der Waals surface area contributed by atoms with Crippen LogP contribution in [-0.2, 0) is 6.42 Å². The number of benzene rings is 2. The van der Waals surface area contributed by atoms with E-state index in [1.165, 1.54) is 6.07 Å². The predicted molar refractivity (Wildman–Crippen MR) is 77.9 cm³/mol. The van der Waals surface area contributed by atoms with Crippen molar-refractivity contribution in [2.75, 3.05) is 6.54 Å². The minimum Gasteiger partial charge on any atom is -0.310 e. The molecule has 1 N–H and O–H groups in total. The molecule has 0 radical (unpaired) electrons. The maximum atomic E-state index is 13.9. The van der Waals surface area contributed by atoms with Gasteiger partial charge in [0.15, 0.2) is 0 Å². The molecule has 0 saturated carbocycles. The Morgan fingerprint density at radius 1 is 1.05 bits per heavy atom. The van der Waals surface area contributed by atoms with Crippen LogP contribution >= 0.6 is 11.6 Å². The fourth-order valence-corrected chi connectivity index (χ4v) is 2.39. The van der Waals surface area contributed by atoms with Crippen molar-refractivity contribution in [3.63, 3.8) is 0 Å². The Bertz CT molecular complexity index is 631. The van der Waals surface area contributed by atoms with E-state index in [0.29, 0.717) is 17.1 Å². The maximum absolute atomic E-state index is 13.9. The smallest absolute Gasteiger partial charge is 0.128 e. The van der Waals surface area contributed by atoms with Gasteiger partial charge in [0.25, 0.3) is 0 Å². The standard InChI is InChI=1S/C16H15ClF3N/c1-2-21-16(13-9-12(18)5-6-14(13)19)7-10-3-4-11(17)8-15(10)20/h3-6,8-9,16,21H,2,7H2,1H3. The molecule has 0 aromatic heterocycles. The summed E-state index contributed by atoms with van der Waals surface area (Å²) in [6, 6.07) is 7.10. The number of halogens is 4. The van der Waals surface area contributed by atoms with Crippen molar-refractivity contribution >= 4 is 11.6 Å². The molecule has 1 nitrogen and oxygen atoms in total. The van der Waals surface area contributed by atoms with E-state index in [1.54, 1.807) is 12.1 Å². The molecule has 2 aromatic rings. The summed E-state index contributed by atoms with van der Waals surface area (Å²) in [5.41, 5.74) is 0.584. The summed E-state index contributed by atoms with van der Waals surface area (Å²) in [5, 5.41) is 3.35. The molecule has 112 valence electrons. The summed E-state index contributed by atoms with van der Waals surface area (Å²) in [6.07, 6.45) is 0.206. The van der Waals surface area contributed by atoms with Crippen LogP contribution in [0.3, 0.4) is 0 Å². The van der Waals surface area contributed by atoms with Crippen molar-refractivity contribution in [3.05, 3.63) is 70.0 Å². The molecule has 0 aliphatic heterocycles. The van der Waals surface area contributed by atoms with E-state index in [0.717, 1.165) is 18.2 Å². The van der Waals surface area contributed by atoms with Crippen LogP contribution < -0.4 is 5.32 Å². The first-order chi connectivity index (χ1) is 10.0. The van der Waals surface area contributed by atoms with Crippen molar-refractivity contribution in [2.45, 2.75) is 19.4 Å². The van der Waals surface area contributed by atoms with Gasteiger partial charge >= 0.3 is 0 Å². The lowest BCUT2D eigenvalue weighted by atomic mass is 9.98. The Hall–Kier alpha value is -1.52. The fourth-order valence-electron chi connectivity index (χ4n) is 2.23. The molecule has 0 saturated heterocycles. The number of rotatable bonds is 5. The summed E-state index contributed by atoms with van der Waals surface area (Å²) in [6.45, 7) is 2.40. The molecule has 0 spiro atoms. The van der Waals surface area contributed by atoms with E-state index in [9.17, 15) is 13.2 Å². The van der Waals surface area contributed by atoms with Gasteiger partial charge < -0.3 is 5.32 Å². The van der Waals surface area contributed by atoms with Crippen molar-refractivity contribution in [3.8, 4) is 0 Å². The summed E-state index contributed by atoms with van der Waals surface area (Å²) < 4.78 is 41.1. The topological polar surface area (TPSA) is 12.0 Å². The van der Waals surface area contributed by atoms with E-state index in [-0.39, 0.29) is 12.0 Å². The van der Waals surface area contributed by atoms with Crippen LogP contribution in [0, 0.1) is 17.5 Å². The first-order valence-electron chi connectivity index (χ1n) is 6.63.